The van der Waals surface area contributed by atoms with Gasteiger partial charge in [0.1, 0.15) is 12.6 Å². The first kappa shape index (κ1) is 18.7. The second-order valence-corrected chi connectivity index (χ2v) is 6.35. The number of hydrogen-bond donors (Lipinski definition) is 1. The molecule has 1 amide bonds. The summed E-state index contributed by atoms with van der Waals surface area (Å²) >= 11 is 0. The molecule has 7 heteroatoms. The molecule has 0 heterocycles. The predicted molar refractivity (Wildman–Crippen MR) is 87.1 cm³/mol. The van der Waals surface area contributed by atoms with Crippen molar-refractivity contribution < 1.29 is 23.6 Å². The van der Waals surface area contributed by atoms with Gasteiger partial charge in [-0.3, -0.25) is 9.11 Å². The highest BCUT2D eigenvalue weighted by Gasteiger charge is 2.30. The number of rotatable bonds is 8. The molecule has 0 bridgehead atoms. The van der Waals surface area contributed by atoms with Gasteiger partial charge in [0.05, 0.1) is 6.54 Å². The molecule has 0 saturated heterocycles. The minimum atomic E-state index is -1.21. The zero-order valence-electron chi connectivity index (χ0n) is 12.8. The normalized spacial score (nSPS) is 12.7. The van der Waals surface area contributed by atoms with E-state index in [0.29, 0.717) is 0 Å². The third-order valence-corrected chi connectivity index (χ3v) is 3.85. The molecule has 124 valence electrons. The van der Waals surface area contributed by atoms with Crippen LogP contribution in [0, 0.1) is 12.3 Å². The number of ether oxygens (including phenoxy) is 1. The predicted octanol–water partition coefficient (Wildman–Crippen LogP) is 1.48. The van der Waals surface area contributed by atoms with Crippen LogP contribution in [0.2, 0.25) is 0 Å². The van der Waals surface area contributed by atoms with Gasteiger partial charge in [0.15, 0.2) is 0 Å². The molecule has 0 aliphatic rings. The van der Waals surface area contributed by atoms with Crippen LogP contribution in [0.15, 0.2) is 30.3 Å². The Hall–Kier alpha value is -2.33. The Bertz CT molecular complexity index is 596. The quantitative estimate of drug-likeness (QED) is 0.727. The van der Waals surface area contributed by atoms with Gasteiger partial charge in [0.2, 0.25) is 0 Å². The third kappa shape index (κ3) is 6.53. The molecule has 1 aromatic carbocycles. The molecule has 0 spiro atoms. The van der Waals surface area contributed by atoms with Crippen molar-refractivity contribution in [2.45, 2.75) is 19.1 Å². The van der Waals surface area contributed by atoms with Gasteiger partial charge in [-0.15, -0.1) is 6.42 Å². The monoisotopic (exact) mass is 337 g/mol. The molecule has 1 rings (SSSR count). The van der Waals surface area contributed by atoms with Crippen molar-refractivity contribution in [1.82, 2.24) is 4.90 Å². The summed E-state index contributed by atoms with van der Waals surface area (Å²) < 4.78 is 16.3. The van der Waals surface area contributed by atoms with Crippen LogP contribution >= 0.6 is 0 Å². The van der Waals surface area contributed by atoms with E-state index in [9.17, 15) is 18.9 Å². The number of aliphatic carboxylic acids is 1. The fourth-order valence-corrected chi connectivity index (χ4v) is 2.45. The Morgan fingerprint density at radius 1 is 1.39 bits per heavy atom. The van der Waals surface area contributed by atoms with Gasteiger partial charge in [-0.05, 0) is 12.0 Å². The molecule has 2 unspecified atom stereocenters. The van der Waals surface area contributed by atoms with Crippen molar-refractivity contribution in [3.8, 4) is 12.3 Å². The fraction of sp³-hybridized carbons (Fsp3) is 0.375. The lowest BCUT2D eigenvalue weighted by atomic mass is 10.2. The van der Waals surface area contributed by atoms with Gasteiger partial charge >= 0.3 is 12.1 Å². The highest BCUT2D eigenvalue weighted by atomic mass is 32.2. The van der Waals surface area contributed by atoms with Crippen molar-refractivity contribution in [2.24, 2.45) is 0 Å². The van der Waals surface area contributed by atoms with E-state index in [4.69, 9.17) is 11.2 Å². The topological polar surface area (TPSA) is 83.9 Å². The molecule has 2 atom stereocenters. The average Bonchev–Trinajstić information content (AvgIpc) is 2.52. The largest absolute Gasteiger partial charge is 0.480 e. The molecule has 1 N–H and O–H groups in total. The second-order valence-electron chi connectivity index (χ2n) is 4.79. The Balaban J connectivity index is 2.76. The molecule has 0 saturated carbocycles. The third-order valence-electron chi connectivity index (χ3n) is 3.04. The lowest BCUT2D eigenvalue weighted by molar-refractivity contribution is -0.142. The highest BCUT2D eigenvalue weighted by molar-refractivity contribution is 7.84. The first-order valence-corrected chi connectivity index (χ1v) is 8.62. The second kappa shape index (κ2) is 9.64. The Morgan fingerprint density at radius 2 is 2.04 bits per heavy atom. The zero-order chi connectivity index (χ0) is 17.2. The molecule has 0 aromatic heterocycles. The number of carboxylic acid groups (broad SMARTS) is 1. The van der Waals surface area contributed by atoms with Gasteiger partial charge in [-0.1, -0.05) is 36.3 Å². The van der Waals surface area contributed by atoms with Gasteiger partial charge in [-0.2, -0.15) is 0 Å². The lowest BCUT2D eigenvalue weighted by Gasteiger charge is -2.26. The van der Waals surface area contributed by atoms with E-state index >= 15 is 0 Å². The highest BCUT2D eigenvalue weighted by Crippen LogP contribution is 2.10. The summed E-state index contributed by atoms with van der Waals surface area (Å²) in [6, 6.07) is 7.85. The first-order chi connectivity index (χ1) is 11.0. The molecular weight excluding hydrogens is 318 g/mol. The summed E-state index contributed by atoms with van der Waals surface area (Å²) in [6.07, 6.45) is 5.92. The van der Waals surface area contributed by atoms with E-state index in [2.05, 4.69) is 5.92 Å². The number of terminal acetylenes is 1. The van der Waals surface area contributed by atoms with Crippen LogP contribution in [-0.4, -0.2) is 50.9 Å². The van der Waals surface area contributed by atoms with Gasteiger partial charge < -0.3 is 9.84 Å². The van der Waals surface area contributed by atoms with Crippen LogP contribution in [0.4, 0.5) is 4.79 Å². The van der Waals surface area contributed by atoms with Crippen molar-refractivity contribution in [3.05, 3.63) is 35.9 Å². The SMILES string of the molecule is C#CCN(C(=O)OCc1ccccc1)C(CCS(C)=O)C(=O)O. The molecular formula is C16H19NO5S. The molecule has 23 heavy (non-hydrogen) atoms. The van der Waals surface area contributed by atoms with Crippen LogP contribution in [0.5, 0.6) is 0 Å². The molecule has 0 aliphatic carbocycles. The van der Waals surface area contributed by atoms with Crippen LogP contribution in [0.25, 0.3) is 0 Å². The molecule has 6 nitrogen and oxygen atoms in total. The maximum Gasteiger partial charge on any atom is 0.411 e. The van der Waals surface area contributed by atoms with Crippen LogP contribution < -0.4 is 0 Å². The van der Waals surface area contributed by atoms with Gasteiger partial charge in [-0.25, -0.2) is 9.59 Å². The van der Waals surface area contributed by atoms with Crippen LogP contribution in [0.1, 0.15) is 12.0 Å². The summed E-state index contributed by atoms with van der Waals surface area (Å²) in [5.41, 5.74) is 0.781. The number of carbonyl (C=O) groups excluding carboxylic acids is 1. The number of hydrogen-bond acceptors (Lipinski definition) is 4. The maximum absolute atomic E-state index is 12.2. The zero-order valence-corrected chi connectivity index (χ0v) is 13.6. The van der Waals surface area contributed by atoms with E-state index in [-0.39, 0.29) is 25.3 Å². The van der Waals surface area contributed by atoms with Crippen LogP contribution in [0.3, 0.4) is 0 Å². The minimum absolute atomic E-state index is 0.0206. The van der Waals surface area contributed by atoms with E-state index in [1.165, 1.54) is 6.26 Å². The lowest BCUT2D eigenvalue weighted by Crippen LogP contribution is -2.46. The van der Waals surface area contributed by atoms with E-state index in [0.717, 1.165) is 10.5 Å². The average molecular weight is 337 g/mol. The Morgan fingerprint density at radius 3 is 2.57 bits per heavy atom. The summed E-state index contributed by atoms with van der Waals surface area (Å²) in [7, 11) is -1.16. The van der Waals surface area contributed by atoms with Crippen molar-refractivity contribution in [3.63, 3.8) is 0 Å². The van der Waals surface area contributed by atoms with Crippen LogP contribution in [-0.2, 0) is 26.9 Å². The Kier molecular flexibility index (Phi) is 7.84. The van der Waals surface area contributed by atoms with E-state index in [1.54, 1.807) is 24.3 Å². The number of benzene rings is 1. The fourth-order valence-electron chi connectivity index (χ4n) is 1.89. The van der Waals surface area contributed by atoms with E-state index < -0.39 is 28.9 Å². The summed E-state index contributed by atoms with van der Waals surface area (Å²) in [5.74, 6) is 1.21. The van der Waals surface area contributed by atoms with E-state index in [1.807, 2.05) is 6.07 Å². The molecule has 0 aliphatic heterocycles. The first-order valence-electron chi connectivity index (χ1n) is 6.89. The number of carbonyl (C=O) groups is 2. The number of nitrogens with zero attached hydrogens (tertiary/aromatic N) is 1. The Labute approximate surface area is 137 Å². The summed E-state index contributed by atoms with van der Waals surface area (Å²) in [6.45, 7) is -0.173. The van der Waals surface area contributed by atoms with Gasteiger partial charge in [0.25, 0.3) is 0 Å². The number of amides is 1. The molecule has 0 radical (unpaired) electrons. The molecule has 1 aromatic rings. The minimum Gasteiger partial charge on any atom is -0.480 e. The summed E-state index contributed by atoms with van der Waals surface area (Å²) in [4.78, 5) is 24.5. The number of carboxylic acids is 1. The van der Waals surface area contributed by atoms with Gasteiger partial charge in [0, 0.05) is 22.8 Å². The maximum atomic E-state index is 12.2. The van der Waals surface area contributed by atoms with Crippen molar-refractivity contribution in [1.29, 1.82) is 0 Å². The standard InChI is InChI=1S/C16H19NO5S/c1-3-10-17(14(15(18)19)9-11-23(2)21)16(20)22-12-13-7-5-4-6-8-13/h1,4-8,14H,9-12H2,2H3,(H,18,19). The molecule has 0 fully saturated rings. The van der Waals surface area contributed by atoms with Crippen molar-refractivity contribution in [2.75, 3.05) is 18.6 Å². The summed E-state index contributed by atoms with van der Waals surface area (Å²) in [5, 5.41) is 9.30. The smallest absolute Gasteiger partial charge is 0.411 e. The van der Waals surface area contributed by atoms with Crippen molar-refractivity contribution >= 4 is 22.9 Å².